The maximum absolute atomic E-state index is 6.07. The van der Waals surface area contributed by atoms with Gasteiger partial charge >= 0.3 is 0 Å². The first-order valence-corrected chi connectivity index (χ1v) is 5.90. The smallest absolute Gasteiger partial charge is 0.120 e. The molecule has 0 aromatic heterocycles. The van der Waals surface area contributed by atoms with Crippen molar-refractivity contribution in [1.82, 2.24) is 0 Å². The minimum Gasteiger partial charge on any atom is -0.490 e. The molecule has 4 heteroatoms. The average molecular weight is 258 g/mol. The average Bonchev–Trinajstić information content (AvgIpc) is 2.12. The van der Waals surface area contributed by atoms with Gasteiger partial charge in [-0.25, -0.2) is 0 Å². The van der Waals surface area contributed by atoms with E-state index in [0.29, 0.717) is 11.4 Å². The van der Waals surface area contributed by atoms with E-state index in [-0.39, 0.29) is 6.10 Å². The molecule has 0 amide bonds. The molecule has 0 saturated carbocycles. The zero-order chi connectivity index (χ0) is 12.3. The first-order valence-electron chi connectivity index (χ1n) is 5.12. The van der Waals surface area contributed by atoms with Crippen molar-refractivity contribution in [2.45, 2.75) is 33.3 Å². The lowest BCUT2D eigenvalue weighted by molar-refractivity contribution is 0.230. The van der Waals surface area contributed by atoms with E-state index in [1.165, 1.54) is 0 Å². The van der Waals surface area contributed by atoms with Crippen LogP contribution in [0, 0.1) is 13.8 Å². The Labute approximate surface area is 107 Å². The standard InChI is InChI=1S/C12H16ClNOS/c1-7-4-10(5-8(2)12(7)13)15-9(3)6-11(14)16/h4-5,9H,6H2,1-3H3,(H2,14,16). The summed E-state index contributed by atoms with van der Waals surface area (Å²) in [6.07, 6.45) is 0.563. The maximum atomic E-state index is 6.07. The van der Waals surface area contributed by atoms with Crippen molar-refractivity contribution in [3.05, 3.63) is 28.3 Å². The van der Waals surface area contributed by atoms with Crippen LogP contribution in [0.3, 0.4) is 0 Å². The van der Waals surface area contributed by atoms with E-state index in [1.54, 1.807) is 0 Å². The van der Waals surface area contributed by atoms with Crippen molar-refractivity contribution in [3.8, 4) is 5.75 Å². The highest BCUT2D eigenvalue weighted by molar-refractivity contribution is 7.80. The van der Waals surface area contributed by atoms with Gasteiger partial charge in [-0.3, -0.25) is 0 Å². The van der Waals surface area contributed by atoms with E-state index in [0.717, 1.165) is 21.9 Å². The van der Waals surface area contributed by atoms with Crippen molar-refractivity contribution in [3.63, 3.8) is 0 Å². The van der Waals surface area contributed by atoms with Crippen LogP contribution < -0.4 is 10.5 Å². The summed E-state index contributed by atoms with van der Waals surface area (Å²) < 4.78 is 5.72. The van der Waals surface area contributed by atoms with Gasteiger partial charge in [-0.2, -0.15) is 0 Å². The Morgan fingerprint density at radius 2 is 1.94 bits per heavy atom. The number of nitrogens with two attached hydrogens (primary N) is 1. The van der Waals surface area contributed by atoms with Gasteiger partial charge in [0.05, 0.1) is 4.99 Å². The summed E-state index contributed by atoms with van der Waals surface area (Å²) in [6.45, 7) is 5.86. The van der Waals surface area contributed by atoms with Crippen LogP contribution in [0.2, 0.25) is 5.02 Å². The number of benzene rings is 1. The highest BCUT2D eigenvalue weighted by Crippen LogP contribution is 2.26. The molecular weight excluding hydrogens is 242 g/mol. The third kappa shape index (κ3) is 3.65. The Morgan fingerprint density at radius 1 is 1.44 bits per heavy atom. The predicted octanol–water partition coefficient (Wildman–Crippen LogP) is 3.40. The molecule has 0 fully saturated rings. The zero-order valence-corrected chi connectivity index (χ0v) is 11.3. The second-order valence-electron chi connectivity index (χ2n) is 3.97. The number of thiocarbonyl (C=S) groups is 1. The van der Waals surface area contributed by atoms with Crippen LogP contribution in [0.1, 0.15) is 24.5 Å². The lowest BCUT2D eigenvalue weighted by Crippen LogP contribution is -2.20. The first kappa shape index (κ1) is 13.3. The van der Waals surface area contributed by atoms with E-state index in [1.807, 2.05) is 32.9 Å². The Morgan fingerprint density at radius 3 is 2.38 bits per heavy atom. The van der Waals surface area contributed by atoms with Gasteiger partial charge in [0.25, 0.3) is 0 Å². The van der Waals surface area contributed by atoms with E-state index in [4.69, 9.17) is 34.3 Å². The van der Waals surface area contributed by atoms with E-state index >= 15 is 0 Å². The lowest BCUT2D eigenvalue weighted by atomic mass is 10.1. The van der Waals surface area contributed by atoms with Crippen molar-refractivity contribution in [1.29, 1.82) is 0 Å². The molecule has 0 radical (unpaired) electrons. The van der Waals surface area contributed by atoms with Gasteiger partial charge < -0.3 is 10.5 Å². The van der Waals surface area contributed by atoms with Crippen LogP contribution in [-0.4, -0.2) is 11.1 Å². The highest BCUT2D eigenvalue weighted by Gasteiger charge is 2.08. The van der Waals surface area contributed by atoms with Gasteiger partial charge in [-0.05, 0) is 44.0 Å². The van der Waals surface area contributed by atoms with Gasteiger partial charge in [0.15, 0.2) is 0 Å². The number of ether oxygens (including phenoxy) is 1. The maximum Gasteiger partial charge on any atom is 0.120 e. The minimum atomic E-state index is -0.0162. The highest BCUT2D eigenvalue weighted by atomic mass is 35.5. The van der Waals surface area contributed by atoms with Gasteiger partial charge in [0, 0.05) is 11.4 Å². The largest absolute Gasteiger partial charge is 0.490 e. The van der Waals surface area contributed by atoms with Crippen LogP contribution in [-0.2, 0) is 0 Å². The van der Waals surface area contributed by atoms with Gasteiger partial charge in [0.1, 0.15) is 11.9 Å². The molecule has 0 aliphatic rings. The molecule has 0 aliphatic heterocycles. The van der Waals surface area contributed by atoms with Crippen molar-refractivity contribution < 1.29 is 4.74 Å². The van der Waals surface area contributed by atoms with Gasteiger partial charge in [0.2, 0.25) is 0 Å². The SMILES string of the molecule is Cc1cc(OC(C)CC(N)=S)cc(C)c1Cl. The summed E-state index contributed by atoms with van der Waals surface area (Å²) in [5.41, 5.74) is 7.49. The summed E-state index contributed by atoms with van der Waals surface area (Å²) in [4.78, 5) is 0.468. The summed E-state index contributed by atoms with van der Waals surface area (Å²) in [5.74, 6) is 0.808. The van der Waals surface area contributed by atoms with Crippen LogP contribution in [0.4, 0.5) is 0 Å². The molecule has 0 bridgehead atoms. The molecule has 16 heavy (non-hydrogen) atoms. The molecule has 1 atom stereocenters. The van der Waals surface area contributed by atoms with Crippen LogP contribution in [0.5, 0.6) is 5.75 Å². The van der Waals surface area contributed by atoms with Crippen LogP contribution in [0.15, 0.2) is 12.1 Å². The third-order valence-corrected chi connectivity index (χ3v) is 3.00. The molecule has 0 aliphatic carbocycles. The Bertz CT molecular complexity index is 383. The van der Waals surface area contributed by atoms with Crippen LogP contribution in [0.25, 0.3) is 0 Å². The summed E-state index contributed by atoms with van der Waals surface area (Å²) in [5, 5.41) is 0.786. The number of halogens is 1. The van der Waals surface area contributed by atoms with Gasteiger partial charge in [-0.15, -0.1) is 0 Å². The Balaban J connectivity index is 2.78. The molecule has 1 aromatic carbocycles. The number of hydrogen-bond donors (Lipinski definition) is 1. The van der Waals surface area contributed by atoms with E-state index in [9.17, 15) is 0 Å². The van der Waals surface area contributed by atoms with E-state index in [2.05, 4.69) is 0 Å². The molecular formula is C12H16ClNOS. The normalized spacial score (nSPS) is 12.2. The third-order valence-electron chi connectivity index (χ3n) is 2.24. The van der Waals surface area contributed by atoms with Crippen molar-refractivity contribution in [2.75, 3.05) is 0 Å². The molecule has 1 rings (SSSR count). The minimum absolute atomic E-state index is 0.0162. The molecule has 0 spiro atoms. The molecule has 2 N–H and O–H groups in total. The fraction of sp³-hybridized carbons (Fsp3) is 0.417. The summed E-state index contributed by atoms with van der Waals surface area (Å²) in [6, 6.07) is 3.84. The molecule has 0 heterocycles. The zero-order valence-electron chi connectivity index (χ0n) is 9.71. The van der Waals surface area contributed by atoms with Crippen LogP contribution >= 0.6 is 23.8 Å². The predicted molar refractivity (Wildman–Crippen MR) is 72.4 cm³/mol. The monoisotopic (exact) mass is 257 g/mol. The molecule has 0 saturated heterocycles. The van der Waals surface area contributed by atoms with Crippen molar-refractivity contribution >= 4 is 28.8 Å². The second-order valence-corrected chi connectivity index (χ2v) is 4.87. The quantitative estimate of drug-likeness (QED) is 0.840. The second kappa shape index (κ2) is 5.51. The molecule has 88 valence electrons. The number of hydrogen-bond acceptors (Lipinski definition) is 2. The molecule has 1 aromatic rings. The summed E-state index contributed by atoms with van der Waals surface area (Å²) >= 11 is 10.9. The Hall–Kier alpha value is -0.800. The Kier molecular flexibility index (Phi) is 4.56. The fourth-order valence-corrected chi connectivity index (χ4v) is 1.88. The molecule has 1 unspecified atom stereocenters. The number of aryl methyl sites for hydroxylation is 2. The van der Waals surface area contributed by atoms with Crippen molar-refractivity contribution in [2.24, 2.45) is 5.73 Å². The lowest BCUT2D eigenvalue weighted by Gasteiger charge is -2.15. The van der Waals surface area contributed by atoms with Gasteiger partial charge in [-0.1, -0.05) is 23.8 Å². The fourth-order valence-electron chi connectivity index (χ4n) is 1.53. The van der Waals surface area contributed by atoms with E-state index < -0.39 is 0 Å². The topological polar surface area (TPSA) is 35.2 Å². The number of rotatable bonds is 4. The first-order chi connectivity index (χ1) is 7.40. The molecule has 2 nitrogen and oxygen atoms in total. The summed E-state index contributed by atoms with van der Waals surface area (Å²) in [7, 11) is 0.